The van der Waals surface area contributed by atoms with Crippen LogP contribution in [-0.4, -0.2) is 76.2 Å². The Balaban J connectivity index is 1.30. The third kappa shape index (κ3) is 4.69. The van der Waals surface area contributed by atoms with Gasteiger partial charge in [-0.3, -0.25) is 14.2 Å². The minimum absolute atomic E-state index is 0.0649. The number of hydrogen-bond acceptors (Lipinski definition) is 8. The molecule has 166 valence electrons. The average molecular weight is 436 g/mol. The zero-order chi connectivity index (χ0) is 22.5. The van der Waals surface area contributed by atoms with Crippen LogP contribution >= 0.6 is 0 Å². The Hall–Kier alpha value is -3.95. The van der Waals surface area contributed by atoms with Crippen LogP contribution in [0.1, 0.15) is 17.3 Å². The van der Waals surface area contributed by atoms with Gasteiger partial charge >= 0.3 is 0 Å². The average Bonchev–Trinajstić information content (AvgIpc) is 3.37. The lowest BCUT2D eigenvalue weighted by molar-refractivity contribution is -0.133. The number of imidazole rings is 1. The number of benzene rings is 1. The van der Waals surface area contributed by atoms with Crippen molar-refractivity contribution >= 4 is 17.5 Å². The lowest BCUT2D eigenvalue weighted by atomic mass is 10.1. The zero-order valence-corrected chi connectivity index (χ0v) is 18.0. The van der Waals surface area contributed by atoms with Gasteiger partial charge in [0, 0.05) is 44.1 Å². The van der Waals surface area contributed by atoms with E-state index in [4.69, 9.17) is 9.47 Å². The summed E-state index contributed by atoms with van der Waals surface area (Å²) in [5, 5.41) is 8.55. The molecule has 1 aliphatic heterocycles. The van der Waals surface area contributed by atoms with Gasteiger partial charge in [-0.25, -0.2) is 4.98 Å². The van der Waals surface area contributed by atoms with Gasteiger partial charge in [-0.05, 0) is 37.3 Å². The van der Waals surface area contributed by atoms with Crippen molar-refractivity contribution in [1.29, 1.82) is 0 Å². The van der Waals surface area contributed by atoms with E-state index in [1.54, 1.807) is 40.2 Å². The van der Waals surface area contributed by atoms with Crippen LogP contribution in [0, 0.1) is 0 Å². The molecule has 1 aromatic carbocycles. The molecule has 0 N–H and O–H groups in total. The van der Waals surface area contributed by atoms with Gasteiger partial charge in [0.15, 0.2) is 35.5 Å². The monoisotopic (exact) mass is 436 g/mol. The smallest absolute Gasteiger partial charge is 0.260 e. The van der Waals surface area contributed by atoms with Crippen LogP contribution in [-0.2, 0) is 4.79 Å². The minimum Gasteiger partial charge on any atom is -0.493 e. The first-order chi connectivity index (χ1) is 15.5. The van der Waals surface area contributed by atoms with Crippen LogP contribution in [0.25, 0.3) is 5.82 Å². The molecule has 1 saturated heterocycles. The number of methoxy groups -OCH3 is 1. The lowest BCUT2D eigenvalue weighted by Gasteiger charge is -2.35. The Kier molecular flexibility index (Phi) is 6.29. The summed E-state index contributed by atoms with van der Waals surface area (Å²) in [4.78, 5) is 32.0. The van der Waals surface area contributed by atoms with Gasteiger partial charge in [-0.1, -0.05) is 0 Å². The molecule has 4 rings (SSSR count). The molecule has 2 aromatic heterocycles. The van der Waals surface area contributed by atoms with Crippen LogP contribution < -0.4 is 14.4 Å². The maximum absolute atomic E-state index is 12.6. The highest BCUT2D eigenvalue weighted by Gasteiger charge is 2.23. The number of Topliss-reactive ketones (excluding diaryl/α,β-unsaturated/α-hetero) is 1. The third-order valence-electron chi connectivity index (χ3n) is 5.28. The van der Waals surface area contributed by atoms with Crippen LogP contribution in [0.2, 0.25) is 0 Å². The highest BCUT2D eigenvalue weighted by molar-refractivity contribution is 5.94. The Morgan fingerprint density at radius 3 is 2.38 bits per heavy atom. The largest absolute Gasteiger partial charge is 0.493 e. The van der Waals surface area contributed by atoms with E-state index < -0.39 is 0 Å². The SMILES string of the molecule is COc1cc(C(C)=O)ccc1OCC(=O)N1CCN(c2ccc(-n3ccnc3)nn2)CC1. The molecular formula is C22H24N6O4. The van der Waals surface area contributed by atoms with E-state index in [0.29, 0.717) is 49.1 Å². The molecule has 0 atom stereocenters. The van der Waals surface area contributed by atoms with Crippen molar-refractivity contribution in [2.24, 2.45) is 0 Å². The van der Waals surface area contributed by atoms with Crippen molar-refractivity contribution in [2.45, 2.75) is 6.92 Å². The standard InChI is InChI=1S/C22H24N6O4/c1-16(29)17-3-4-18(19(13-17)31-2)32-14-22(30)27-11-9-26(10-12-27)20-5-6-21(25-24-20)28-8-7-23-15-28/h3-8,13,15H,9-12,14H2,1-2H3. The molecule has 32 heavy (non-hydrogen) atoms. The second-order valence-electron chi connectivity index (χ2n) is 7.30. The summed E-state index contributed by atoms with van der Waals surface area (Å²) < 4.78 is 12.7. The number of carbonyl (C=O) groups excluding carboxylic acids is 2. The van der Waals surface area contributed by atoms with Crippen molar-refractivity contribution in [3.8, 4) is 17.3 Å². The van der Waals surface area contributed by atoms with Crippen molar-refractivity contribution < 1.29 is 19.1 Å². The van der Waals surface area contributed by atoms with E-state index in [-0.39, 0.29) is 18.3 Å². The highest BCUT2D eigenvalue weighted by atomic mass is 16.5. The number of rotatable bonds is 7. The molecule has 0 bridgehead atoms. The Morgan fingerprint density at radius 2 is 1.75 bits per heavy atom. The fraction of sp³-hybridized carbons (Fsp3) is 0.318. The quantitative estimate of drug-likeness (QED) is 0.515. The van der Waals surface area contributed by atoms with Gasteiger partial charge < -0.3 is 19.3 Å². The molecule has 10 nitrogen and oxygen atoms in total. The van der Waals surface area contributed by atoms with E-state index >= 15 is 0 Å². The fourth-order valence-corrected chi connectivity index (χ4v) is 3.44. The van der Waals surface area contributed by atoms with Crippen LogP contribution in [0.4, 0.5) is 5.82 Å². The predicted molar refractivity (Wildman–Crippen MR) is 116 cm³/mol. The van der Waals surface area contributed by atoms with Crippen molar-refractivity contribution in [3.05, 3.63) is 54.6 Å². The van der Waals surface area contributed by atoms with E-state index in [0.717, 1.165) is 5.82 Å². The number of piperazine rings is 1. The summed E-state index contributed by atoms with van der Waals surface area (Å²) in [7, 11) is 1.50. The number of carbonyl (C=O) groups is 2. The van der Waals surface area contributed by atoms with Gasteiger partial charge in [0.2, 0.25) is 0 Å². The lowest BCUT2D eigenvalue weighted by Crippen LogP contribution is -2.50. The topological polar surface area (TPSA) is 103 Å². The van der Waals surface area contributed by atoms with Crippen molar-refractivity contribution in [3.63, 3.8) is 0 Å². The number of ketones is 1. The number of hydrogen-bond donors (Lipinski definition) is 0. The number of amides is 1. The second kappa shape index (κ2) is 9.46. The number of aromatic nitrogens is 4. The van der Waals surface area contributed by atoms with E-state index in [2.05, 4.69) is 20.1 Å². The minimum atomic E-state index is -0.108. The van der Waals surface area contributed by atoms with Crippen molar-refractivity contribution in [2.75, 3.05) is 44.8 Å². The molecule has 0 unspecified atom stereocenters. The van der Waals surface area contributed by atoms with Crippen LogP contribution in [0.3, 0.4) is 0 Å². The molecule has 10 heteroatoms. The maximum atomic E-state index is 12.6. The summed E-state index contributed by atoms with van der Waals surface area (Å²) in [5.74, 6) is 2.15. The molecule has 1 amide bonds. The number of nitrogens with zero attached hydrogens (tertiary/aromatic N) is 6. The molecule has 0 saturated carbocycles. The van der Waals surface area contributed by atoms with Gasteiger partial charge in [0.25, 0.3) is 5.91 Å². The number of anilines is 1. The molecule has 3 aromatic rings. The molecule has 0 radical (unpaired) electrons. The highest BCUT2D eigenvalue weighted by Crippen LogP contribution is 2.28. The summed E-state index contributed by atoms with van der Waals surface area (Å²) in [6.07, 6.45) is 5.17. The summed E-state index contributed by atoms with van der Waals surface area (Å²) in [6.45, 7) is 3.82. The summed E-state index contributed by atoms with van der Waals surface area (Å²) in [6, 6.07) is 8.72. The van der Waals surface area contributed by atoms with Gasteiger partial charge in [0.1, 0.15) is 6.33 Å². The van der Waals surface area contributed by atoms with Crippen molar-refractivity contribution in [1.82, 2.24) is 24.6 Å². The Bertz CT molecular complexity index is 1080. The first-order valence-corrected chi connectivity index (χ1v) is 10.2. The normalized spacial score (nSPS) is 13.7. The summed E-state index contributed by atoms with van der Waals surface area (Å²) in [5.41, 5.74) is 0.526. The first-order valence-electron chi connectivity index (χ1n) is 10.2. The van der Waals surface area contributed by atoms with E-state index in [1.165, 1.54) is 14.0 Å². The predicted octanol–water partition coefficient (Wildman–Crippen LogP) is 1.60. The van der Waals surface area contributed by atoms with Gasteiger partial charge in [-0.15, -0.1) is 10.2 Å². The Morgan fingerprint density at radius 1 is 1.00 bits per heavy atom. The van der Waals surface area contributed by atoms with E-state index in [1.807, 2.05) is 18.3 Å². The second-order valence-corrected chi connectivity index (χ2v) is 7.30. The molecule has 0 aliphatic carbocycles. The van der Waals surface area contributed by atoms with Crippen LogP contribution in [0.5, 0.6) is 11.5 Å². The molecule has 1 aliphatic rings. The van der Waals surface area contributed by atoms with Gasteiger partial charge in [0.05, 0.1) is 7.11 Å². The molecular weight excluding hydrogens is 412 g/mol. The van der Waals surface area contributed by atoms with Crippen LogP contribution in [0.15, 0.2) is 49.1 Å². The van der Waals surface area contributed by atoms with Gasteiger partial charge in [-0.2, -0.15) is 0 Å². The maximum Gasteiger partial charge on any atom is 0.260 e. The zero-order valence-electron chi connectivity index (χ0n) is 18.0. The first kappa shape index (κ1) is 21.3. The molecule has 3 heterocycles. The molecule has 0 spiro atoms. The molecule has 1 fully saturated rings. The third-order valence-corrected chi connectivity index (χ3v) is 5.28. The Labute approximate surface area is 185 Å². The number of ether oxygens (including phenoxy) is 2. The van der Waals surface area contributed by atoms with E-state index in [9.17, 15) is 9.59 Å². The fourth-order valence-electron chi connectivity index (χ4n) is 3.44. The summed E-state index contributed by atoms with van der Waals surface area (Å²) >= 11 is 0.